The van der Waals surface area contributed by atoms with Crippen LogP contribution >= 0.6 is 0 Å². The lowest BCUT2D eigenvalue weighted by atomic mass is 9.87. The third-order valence-corrected chi connectivity index (χ3v) is 5.74. The molecule has 1 heterocycles. The third kappa shape index (κ3) is 8.88. The van der Waals surface area contributed by atoms with Gasteiger partial charge in [0.1, 0.15) is 0 Å². The molecule has 1 N–H and O–H groups in total. The minimum Gasteiger partial charge on any atom is -0.466 e. The summed E-state index contributed by atoms with van der Waals surface area (Å²) in [5.41, 5.74) is 0.879. The van der Waals surface area contributed by atoms with Crippen molar-refractivity contribution in [3.05, 3.63) is 18.2 Å². The molecule has 0 aromatic carbocycles. The van der Waals surface area contributed by atoms with E-state index >= 15 is 0 Å². The van der Waals surface area contributed by atoms with Gasteiger partial charge in [-0.15, -0.1) is 0 Å². The van der Waals surface area contributed by atoms with Crippen LogP contribution in [0.2, 0.25) is 0 Å². The largest absolute Gasteiger partial charge is 0.466 e. The van der Waals surface area contributed by atoms with E-state index in [4.69, 9.17) is 14.2 Å². The zero-order valence-electron chi connectivity index (χ0n) is 19.7. The van der Waals surface area contributed by atoms with Crippen molar-refractivity contribution in [2.45, 2.75) is 85.0 Å². The number of hydrogen-bond acceptors (Lipinski definition) is 7. The Balaban J connectivity index is 1.82. The highest BCUT2D eigenvalue weighted by Crippen LogP contribution is 2.32. The van der Waals surface area contributed by atoms with Gasteiger partial charge in [-0.25, -0.2) is 9.78 Å². The molecular weight excluding hydrogens is 414 g/mol. The Bertz CT molecular complexity index is 742. The number of carbonyl (C=O) groups excluding carboxylic acids is 3. The lowest BCUT2D eigenvalue weighted by Crippen LogP contribution is -2.31. The molecule has 0 radical (unpaired) electrons. The van der Waals surface area contributed by atoms with Crippen molar-refractivity contribution >= 4 is 18.0 Å². The average Bonchev–Trinajstić information content (AvgIpc) is 3.18. The molecule has 1 amide bonds. The first-order chi connectivity index (χ1) is 15.3. The van der Waals surface area contributed by atoms with Gasteiger partial charge in [0.25, 0.3) is 0 Å². The number of carbonyl (C=O) groups is 3. The highest BCUT2D eigenvalue weighted by Gasteiger charge is 2.23. The zero-order valence-corrected chi connectivity index (χ0v) is 19.7. The Morgan fingerprint density at radius 3 is 2.59 bits per heavy atom. The van der Waals surface area contributed by atoms with Crippen molar-refractivity contribution in [2.75, 3.05) is 13.2 Å². The van der Waals surface area contributed by atoms with E-state index in [0.717, 1.165) is 24.5 Å². The summed E-state index contributed by atoms with van der Waals surface area (Å²) in [6.07, 6.45) is 8.72. The third-order valence-electron chi connectivity index (χ3n) is 5.74. The molecule has 0 aliphatic heterocycles. The van der Waals surface area contributed by atoms with Gasteiger partial charge >= 0.3 is 18.0 Å². The van der Waals surface area contributed by atoms with E-state index in [-0.39, 0.29) is 11.9 Å². The molecule has 0 spiro atoms. The molecule has 9 nitrogen and oxygen atoms in total. The van der Waals surface area contributed by atoms with Gasteiger partial charge in [-0.2, -0.15) is 0 Å². The first-order valence-corrected chi connectivity index (χ1v) is 11.6. The summed E-state index contributed by atoms with van der Waals surface area (Å²) in [4.78, 5) is 39.6. The lowest BCUT2D eigenvalue weighted by Gasteiger charge is -2.26. The molecule has 1 unspecified atom stereocenters. The number of nitrogens with one attached hydrogen (secondary N) is 1. The van der Waals surface area contributed by atoms with Gasteiger partial charge < -0.3 is 24.1 Å². The second-order valence-electron chi connectivity index (χ2n) is 8.53. The van der Waals surface area contributed by atoms with E-state index in [1.54, 1.807) is 6.92 Å². The van der Waals surface area contributed by atoms with Crippen LogP contribution in [0.1, 0.15) is 78.0 Å². The van der Waals surface area contributed by atoms with E-state index in [2.05, 4.69) is 28.0 Å². The number of amides is 1. The maximum Gasteiger partial charge on any atom is 0.410 e. The monoisotopic (exact) mass is 451 g/mol. The number of aromatic nitrogens is 2. The minimum absolute atomic E-state index is 0.250. The van der Waals surface area contributed by atoms with E-state index < -0.39 is 18.4 Å². The minimum atomic E-state index is -0.956. The van der Waals surface area contributed by atoms with Gasteiger partial charge in [0, 0.05) is 39.1 Å². The van der Waals surface area contributed by atoms with Crippen molar-refractivity contribution < 1.29 is 28.6 Å². The summed E-state index contributed by atoms with van der Waals surface area (Å²) in [6, 6.07) is 0.484. The van der Waals surface area contributed by atoms with Crippen LogP contribution in [0.4, 0.5) is 4.79 Å². The van der Waals surface area contributed by atoms with E-state index in [0.29, 0.717) is 38.5 Å². The molecule has 0 saturated heterocycles. The molecule has 32 heavy (non-hydrogen) atoms. The maximum atomic E-state index is 12.5. The summed E-state index contributed by atoms with van der Waals surface area (Å²) in [7, 11) is 0. The Labute approximate surface area is 190 Å². The van der Waals surface area contributed by atoms with Crippen LogP contribution in [0.25, 0.3) is 0 Å². The van der Waals surface area contributed by atoms with E-state index in [9.17, 15) is 14.4 Å². The summed E-state index contributed by atoms with van der Waals surface area (Å²) < 4.78 is 17.1. The molecular formula is C23H37N3O6. The van der Waals surface area contributed by atoms with Gasteiger partial charge in [0.05, 0.1) is 24.5 Å². The van der Waals surface area contributed by atoms with Gasteiger partial charge in [-0.05, 0) is 51.4 Å². The van der Waals surface area contributed by atoms with Gasteiger partial charge in [-0.3, -0.25) is 9.59 Å². The highest BCUT2D eigenvalue weighted by molar-refractivity contribution is 5.72. The SMILES string of the molecule is CCOC(=O)[C@@H](CCCNC(=O)OC(C)OC(C)=O)Cc1cn([C@H]2CC[C@H](C)CC2)cn1. The summed E-state index contributed by atoms with van der Waals surface area (Å²) in [5.74, 6) is -0.316. The molecule has 9 heteroatoms. The summed E-state index contributed by atoms with van der Waals surface area (Å²) >= 11 is 0. The predicted octanol–water partition coefficient (Wildman–Crippen LogP) is 3.77. The average molecular weight is 452 g/mol. The van der Waals surface area contributed by atoms with Crippen LogP contribution in [0.15, 0.2) is 12.5 Å². The normalized spacial score (nSPS) is 20.1. The van der Waals surface area contributed by atoms with Crippen LogP contribution in [-0.4, -0.2) is 47.0 Å². The second kappa shape index (κ2) is 13.1. The Kier molecular flexibility index (Phi) is 10.5. The first-order valence-electron chi connectivity index (χ1n) is 11.6. The molecule has 2 atom stereocenters. The molecule has 2 rings (SSSR count). The van der Waals surface area contributed by atoms with Crippen LogP contribution < -0.4 is 5.32 Å². The number of rotatable bonds is 11. The van der Waals surface area contributed by atoms with Gasteiger partial charge in [-0.1, -0.05) is 6.92 Å². The summed E-state index contributed by atoms with van der Waals surface area (Å²) in [5, 5.41) is 2.60. The predicted molar refractivity (Wildman–Crippen MR) is 118 cm³/mol. The van der Waals surface area contributed by atoms with E-state index in [1.807, 2.05) is 6.33 Å². The van der Waals surface area contributed by atoms with Crippen molar-refractivity contribution in [1.29, 1.82) is 0 Å². The van der Waals surface area contributed by atoms with Crippen LogP contribution in [-0.2, 0) is 30.2 Å². The lowest BCUT2D eigenvalue weighted by molar-refractivity contribution is -0.162. The van der Waals surface area contributed by atoms with Crippen LogP contribution in [0.5, 0.6) is 0 Å². The smallest absolute Gasteiger partial charge is 0.410 e. The fraction of sp³-hybridized carbons (Fsp3) is 0.739. The summed E-state index contributed by atoms with van der Waals surface area (Å²) in [6.45, 7) is 7.44. The molecule has 1 aromatic rings. The topological polar surface area (TPSA) is 109 Å². The molecule has 1 aliphatic carbocycles. The molecule has 180 valence electrons. The Morgan fingerprint density at radius 2 is 1.94 bits per heavy atom. The molecule has 1 fully saturated rings. The Morgan fingerprint density at radius 1 is 1.22 bits per heavy atom. The van der Waals surface area contributed by atoms with Crippen molar-refractivity contribution in [3.8, 4) is 0 Å². The standard InChI is InChI=1S/C23H37N3O6/c1-5-30-22(28)19(7-6-12-24-23(29)32-18(4)31-17(3)27)13-20-14-26(15-25-20)21-10-8-16(2)9-11-21/h14-16,18-19,21H,5-13H2,1-4H3,(H,24,29)/t16-,18?,19-,21-/m0/s1. The Hall–Kier alpha value is -2.58. The number of ether oxygens (including phenoxy) is 3. The number of hydrogen-bond donors (Lipinski definition) is 1. The van der Waals surface area contributed by atoms with Crippen molar-refractivity contribution in [1.82, 2.24) is 14.9 Å². The number of esters is 2. The van der Waals surface area contributed by atoms with Crippen LogP contribution in [0.3, 0.4) is 0 Å². The number of alkyl carbamates (subject to hydrolysis) is 1. The molecule has 0 bridgehead atoms. The second-order valence-corrected chi connectivity index (χ2v) is 8.53. The molecule has 1 aliphatic rings. The molecule has 1 saturated carbocycles. The van der Waals surface area contributed by atoms with Crippen LogP contribution in [0, 0.1) is 11.8 Å². The number of imidazole rings is 1. The van der Waals surface area contributed by atoms with Gasteiger partial charge in [0.15, 0.2) is 0 Å². The fourth-order valence-electron chi connectivity index (χ4n) is 4.03. The van der Waals surface area contributed by atoms with Crippen molar-refractivity contribution in [3.63, 3.8) is 0 Å². The fourth-order valence-corrected chi connectivity index (χ4v) is 4.03. The maximum absolute atomic E-state index is 12.5. The molecule has 1 aromatic heterocycles. The van der Waals surface area contributed by atoms with E-state index in [1.165, 1.54) is 26.7 Å². The first kappa shape index (κ1) is 25.7. The zero-order chi connectivity index (χ0) is 23.5. The quantitative estimate of drug-likeness (QED) is 0.310. The highest BCUT2D eigenvalue weighted by atomic mass is 16.7. The van der Waals surface area contributed by atoms with Gasteiger partial charge in [0.2, 0.25) is 6.29 Å². The number of nitrogens with zero attached hydrogens (tertiary/aromatic N) is 2. The van der Waals surface area contributed by atoms with Crippen molar-refractivity contribution in [2.24, 2.45) is 11.8 Å².